The first-order valence-corrected chi connectivity index (χ1v) is 8.18. The number of aromatic nitrogens is 1. The second-order valence-corrected chi connectivity index (χ2v) is 6.73. The normalized spacial score (nSPS) is 11.8. The Kier molecular flexibility index (Phi) is 5.95. The van der Waals surface area contributed by atoms with Crippen molar-refractivity contribution in [2.75, 3.05) is 19.7 Å². The summed E-state index contributed by atoms with van der Waals surface area (Å²) >= 11 is 1.76. The van der Waals surface area contributed by atoms with Gasteiger partial charge in [-0.05, 0) is 37.4 Å². The van der Waals surface area contributed by atoms with Gasteiger partial charge in [0.1, 0.15) is 5.01 Å². The summed E-state index contributed by atoms with van der Waals surface area (Å²) in [5.41, 5.74) is 1.08. The molecular weight excluding hydrogens is 268 g/mol. The van der Waals surface area contributed by atoms with Gasteiger partial charge < -0.3 is 5.11 Å². The van der Waals surface area contributed by atoms with E-state index in [2.05, 4.69) is 41.9 Å². The van der Waals surface area contributed by atoms with Gasteiger partial charge in [-0.25, -0.2) is 4.98 Å². The minimum absolute atomic E-state index is 0.215. The molecule has 20 heavy (non-hydrogen) atoms. The number of aliphatic hydroxyl groups is 1. The molecule has 0 spiro atoms. The Balaban J connectivity index is 1.95. The van der Waals surface area contributed by atoms with Crippen LogP contribution in [0.3, 0.4) is 0 Å². The van der Waals surface area contributed by atoms with Crippen LogP contribution >= 0.6 is 11.3 Å². The van der Waals surface area contributed by atoms with Crippen LogP contribution in [-0.2, 0) is 6.54 Å². The lowest BCUT2D eigenvalue weighted by molar-refractivity contribution is 0.186. The van der Waals surface area contributed by atoms with Crippen LogP contribution in [0.4, 0.5) is 0 Å². The van der Waals surface area contributed by atoms with E-state index in [1.807, 2.05) is 6.07 Å². The second-order valence-electron chi connectivity index (χ2n) is 5.61. The zero-order valence-electron chi connectivity index (χ0n) is 12.4. The minimum atomic E-state index is 0.215. The maximum absolute atomic E-state index is 9.20. The lowest BCUT2D eigenvalue weighted by Crippen LogP contribution is -2.27. The van der Waals surface area contributed by atoms with Crippen molar-refractivity contribution in [1.82, 2.24) is 9.88 Å². The summed E-state index contributed by atoms with van der Waals surface area (Å²) in [6.07, 6.45) is 2.42. The van der Waals surface area contributed by atoms with E-state index in [1.54, 1.807) is 11.3 Å². The molecule has 1 heterocycles. The number of benzene rings is 1. The molecule has 0 aliphatic heterocycles. The van der Waals surface area contributed by atoms with Crippen molar-refractivity contribution in [3.8, 4) is 0 Å². The fraction of sp³-hybridized carbons (Fsp3) is 0.562. The van der Waals surface area contributed by atoms with Gasteiger partial charge in [-0.1, -0.05) is 26.0 Å². The van der Waals surface area contributed by atoms with Crippen LogP contribution in [-0.4, -0.2) is 34.7 Å². The molecule has 0 atom stereocenters. The summed E-state index contributed by atoms with van der Waals surface area (Å²) in [6, 6.07) is 8.26. The third-order valence-corrected chi connectivity index (χ3v) is 4.39. The third kappa shape index (κ3) is 4.54. The molecule has 110 valence electrons. The van der Waals surface area contributed by atoms with Gasteiger partial charge in [0.25, 0.3) is 0 Å². The highest BCUT2D eigenvalue weighted by Gasteiger charge is 2.10. The first-order valence-electron chi connectivity index (χ1n) is 7.36. The number of rotatable bonds is 8. The van der Waals surface area contributed by atoms with Crippen LogP contribution in [0.15, 0.2) is 24.3 Å². The molecule has 0 saturated carbocycles. The van der Waals surface area contributed by atoms with Crippen molar-refractivity contribution in [3.05, 3.63) is 29.3 Å². The van der Waals surface area contributed by atoms with Crippen LogP contribution in [0.5, 0.6) is 0 Å². The van der Waals surface area contributed by atoms with Gasteiger partial charge in [-0.15, -0.1) is 11.3 Å². The van der Waals surface area contributed by atoms with Gasteiger partial charge >= 0.3 is 0 Å². The first kappa shape index (κ1) is 15.4. The van der Waals surface area contributed by atoms with E-state index >= 15 is 0 Å². The lowest BCUT2D eigenvalue weighted by Gasteiger charge is -2.20. The van der Waals surface area contributed by atoms with E-state index < -0.39 is 0 Å². The van der Waals surface area contributed by atoms with Gasteiger partial charge in [0.15, 0.2) is 0 Å². The average molecular weight is 292 g/mol. The molecule has 3 nitrogen and oxygen atoms in total. The number of fused-ring (bicyclic) bond motifs is 1. The summed E-state index contributed by atoms with van der Waals surface area (Å²) in [5, 5.41) is 10.3. The van der Waals surface area contributed by atoms with Crippen LogP contribution < -0.4 is 0 Å². The molecule has 2 rings (SSSR count). The van der Waals surface area contributed by atoms with E-state index in [0.717, 1.165) is 36.1 Å². The fourth-order valence-electron chi connectivity index (χ4n) is 2.31. The lowest BCUT2D eigenvalue weighted by atomic mass is 10.1. The highest BCUT2D eigenvalue weighted by molar-refractivity contribution is 7.18. The number of para-hydroxylation sites is 1. The Morgan fingerprint density at radius 1 is 1.25 bits per heavy atom. The van der Waals surface area contributed by atoms with Gasteiger partial charge in [0.05, 0.1) is 23.4 Å². The molecule has 0 bridgehead atoms. The molecule has 0 unspecified atom stereocenters. The van der Waals surface area contributed by atoms with Crippen molar-refractivity contribution in [1.29, 1.82) is 0 Å². The van der Waals surface area contributed by atoms with Gasteiger partial charge in [-0.3, -0.25) is 4.90 Å². The highest BCUT2D eigenvalue weighted by Crippen LogP contribution is 2.22. The number of nitrogens with zero attached hydrogens (tertiary/aromatic N) is 2. The largest absolute Gasteiger partial charge is 0.395 e. The Morgan fingerprint density at radius 2 is 2.05 bits per heavy atom. The Bertz CT molecular complexity index is 491. The van der Waals surface area contributed by atoms with E-state index in [0.29, 0.717) is 0 Å². The summed E-state index contributed by atoms with van der Waals surface area (Å²) in [5.74, 6) is 0.744. The van der Waals surface area contributed by atoms with Gasteiger partial charge in [-0.2, -0.15) is 0 Å². The predicted octanol–water partition coefficient (Wildman–Crippen LogP) is 3.53. The zero-order chi connectivity index (χ0) is 14.4. The van der Waals surface area contributed by atoms with Crippen molar-refractivity contribution in [3.63, 3.8) is 0 Å². The average Bonchev–Trinajstić information content (AvgIpc) is 2.80. The maximum atomic E-state index is 9.20. The van der Waals surface area contributed by atoms with Crippen molar-refractivity contribution < 1.29 is 5.11 Å². The predicted molar refractivity (Wildman–Crippen MR) is 86.1 cm³/mol. The molecule has 4 heteroatoms. The van der Waals surface area contributed by atoms with E-state index in [-0.39, 0.29) is 6.61 Å². The van der Waals surface area contributed by atoms with Crippen LogP contribution in [0.2, 0.25) is 0 Å². The monoisotopic (exact) mass is 292 g/mol. The quantitative estimate of drug-likeness (QED) is 0.808. The highest BCUT2D eigenvalue weighted by atomic mass is 32.1. The van der Waals surface area contributed by atoms with E-state index in [9.17, 15) is 5.11 Å². The van der Waals surface area contributed by atoms with Crippen molar-refractivity contribution >= 4 is 21.6 Å². The van der Waals surface area contributed by atoms with Crippen LogP contribution in [0.1, 0.15) is 31.7 Å². The Morgan fingerprint density at radius 3 is 2.75 bits per heavy atom. The molecule has 0 fully saturated rings. The van der Waals surface area contributed by atoms with Crippen molar-refractivity contribution in [2.45, 2.75) is 33.2 Å². The van der Waals surface area contributed by atoms with Crippen LogP contribution in [0.25, 0.3) is 10.2 Å². The topological polar surface area (TPSA) is 36.4 Å². The molecule has 1 aromatic heterocycles. The molecule has 0 amide bonds. The third-order valence-electron chi connectivity index (χ3n) is 3.37. The molecule has 2 aromatic rings. The number of thiazole rings is 1. The summed E-state index contributed by atoms with van der Waals surface area (Å²) < 4.78 is 1.24. The number of aliphatic hydroxyl groups excluding tert-OH is 1. The van der Waals surface area contributed by atoms with Gasteiger partial charge in [0, 0.05) is 6.54 Å². The SMILES string of the molecule is CC(C)CCCN(CCO)Cc1nc2ccccc2s1. The molecule has 1 aromatic carbocycles. The minimum Gasteiger partial charge on any atom is -0.395 e. The standard InChI is InChI=1S/C16H24N2OS/c1-13(2)6-5-9-18(10-11-19)12-16-17-14-7-3-4-8-15(14)20-16/h3-4,7-8,13,19H,5-6,9-12H2,1-2H3. The summed E-state index contributed by atoms with van der Waals surface area (Å²) in [4.78, 5) is 6.98. The van der Waals surface area contributed by atoms with Crippen molar-refractivity contribution in [2.24, 2.45) is 5.92 Å². The first-order chi connectivity index (χ1) is 9.69. The Hall–Kier alpha value is -0.970. The molecular formula is C16H24N2OS. The molecule has 0 aliphatic carbocycles. The smallest absolute Gasteiger partial charge is 0.108 e. The molecule has 0 radical (unpaired) electrons. The molecule has 1 N–H and O–H groups in total. The molecule has 0 saturated heterocycles. The molecule has 0 aliphatic rings. The fourth-order valence-corrected chi connectivity index (χ4v) is 3.32. The van der Waals surface area contributed by atoms with E-state index in [4.69, 9.17) is 0 Å². The second kappa shape index (κ2) is 7.72. The van der Waals surface area contributed by atoms with Crippen LogP contribution in [0, 0.1) is 5.92 Å². The summed E-state index contributed by atoms with van der Waals surface area (Å²) in [6.45, 7) is 7.33. The summed E-state index contributed by atoms with van der Waals surface area (Å²) in [7, 11) is 0. The maximum Gasteiger partial charge on any atom is 0.108 e. The van der Waals surface area contributed by atoms with Gasteiger partial charge in [0.2, 0.25) is 0 Å². The Labute approximate surface area is 125 Å². The number of hydrogen-bond acceptors (Lipinski definition) is 4. The number of hydrogen-bond donors (Lipinski definition) is 1. The van der Waals surface area contributed by atoms with E-state index in [1.165, 1.54) is 17.5 Å². The zero-order valence-corrected chi connectivity index (χ0v) is 13.2.